The fourth-order valence-electron chi connectivity index (χ4n) is 4.39. The number of nitrogens with zero attached hydrogens (tertiary/aromatic N) is 1. The minimum absolute atomic E-state index is 0.0377. The lowest BCUT2D eigenvalue weighted by Crippen LogP contribution is -2.40. The second kappa shape index (κ2) is 6.23. The summed E-state index contributed by atoms with van der Waals surface area (Å²) in [5.41, 5.74) is 1.33. The fraction of sp³-hybridized carbons (Fsp3) is 0.524. The monoisotopic (exact) mass is 355 g/mol. The van der Waals surface area contributed by atoms with Crippen molar-refractivity contribution in [3.05, 3.63) is 42.0 Å². The Labute approximate surface area is 154 Å². The molecule has 4 atom stereocenters. The van der Waals surface area contributed by atoms with Crippen molar-refractivity contribution in [3.8, 4) is 0 Å². The highest BCUT2D eigenvalue weighted by Gasteiger charge is 2.67. The highest BCUT2D eigenvalue weighted by atomic mass is 16.6. The number of rotatable bonds is 5. The van der Waals surface area contributed by atoms with Gasteiger partial charge in [0.25, 0.3) is 0 Å². The van der Waals surface area contributed by atoms with Crippen molar-refractivity contribution in [3.63, 3.8) is 0 Å². The van der Waals surface area contributed by atoms with Crippen LogP contribution >= 0.6 is 0 Å². The Balaban J connectivity index is 1.64. The second-order valence-electron chi connectivity index (χ2n) is 7.83. The van der Waals surface area contributed by atoms with E-state index >= 15 is 0 Å². The van der Waals surface area contributed by atoms with Gasteiger partial charge in [-0.3, -0.25) is 9.59 Å². The maximum atomic E-state index is 13.3. The van der Waals surface area contributed by atoms with E-state index < -0.39 is 17.4 Å². The quantitative estimate of drug-likeness (QED) is 0.602. The van der Waals surface area contributed by atoms with Crippen LogP contribution in [-0.4, -0.2) is 36.7 Å². The van der Waals surface area contributed by atoms with Gasteiger partial charge in [0.2, 0.25) is 5.91 Å². The molecule has 4 rings (SSSR count). The molecule has 26 heavy (non-hydrogen) atoms. The normalized spacial score (nSPS) is 31.8. The first kappa shape index (κ1) is 17.3. The number of aryl methyl sites for hydroxylation is 1. The first-order valence-electron chi connectivity index (χ1n) is 9.40. The number of hydrogen-bond acceptors (Lipinski definition) is 4. The Bertz CT molecular complexity index is 771. The van der Waals surface area contributed by atoms with E-state index in [1.165, 1.54) is 0 Å². The summed E-state index contributed by atoms with van der Waals surface area (Å²) in [6, 6.07) is 7.93. The number of hydrogen-bond donors (Lipinski definition) is 0. The average Bonchev–Trinajstić information content (AvgIpc) is 3.28. The molecule has 3 heterocycles. The Morgan fingerprint density at radius 1 is 1.38 bits per heavy atom. The number of fused-ring (bicyclic) bond motifs is 1. The summed E-state index contributed by atoms with van der Waals surface area (Å²) in [6.45, 7) is 6.88. The van der Waals surface area contributed by atoms with Crippen LogP contribution in [0.3, 0.4) is 0 Å². The van der Waals surface area contributed by atoms with E-state index in [0.717, 1.165) is 17.7 Å². The number of carbonyl (C=O) groups excluding carboxylic acids is 2. The van der Waals surface area contributed by atoms with Crippen LogP contribution in [0.1, 0.15) is 26.3 Å². The molecule has 3 aliphatic heterocycles. The van der Waals surface area contributed by atoms with Crippen LogP contribution in [0.4, 0.5) is 5.69 Å². The first-order valence-corrected chi connectivity index (χ1v) is 9.40. The molecule has 2 saturated heterocycles. The van der Waals surface area contributed by atoms with Crippen LogP contribution in [0.15, 0.2) is 36.4 Å². The average molecular weight is 355 g/mol. The molecule has 1 unspecified atom stereocenters. The van der Waals surface area contributed by atoms with Crippen molar-refractivity contribution in [2.45, 2.75) is 38.9 Å². The lowest BCUT2D eigenvalue weighted by atomic mass is 9.77. The molecule has 1 aromatic carbocycles. The maximum absolute atomic E-state index is 13.3. The van der Waals surface area contributed by atoms with E-state index in [4.69, 9.17) is 9.47 Å². The fourth-order valence-corrected chi connectivity index (χ4v) is 4.39. The summed E-state index contributed by atoms with van der Waals surface area (Å²) in [5.74, 6) is -1.15. The summed E-state index contributed by atoms with van der Waals surface area (Å²) in [7, 11) is 0. The first-order chi connectivity index (χ1) is 12.5. The zero-order chi connectivity index (χ0) is 18.5. The minimum atomic E-state index is -0.704. The van der Waals surface area contributed by atoms with Gasteiger partial charge in [0.05, 0.1) is 25.2 Å². The molecule has 138 valence electrons. The van der Waals surface area contributed by atoms with Crippen LogP contribution < -0.4 is 4.90 Å². The van der Waals surface area contributed by atoms with Gasteiger partial charge < -0.3 is 14.4 Å². The highest BCUT2D eigenvalue weighted by Crippen LogP contribution is 2.53. The smallest absolute Gasteiger partial charge is 0.312 e. The summed E-state index contributed by atoms with van der Waals surface area (Å²) in [5, 5.41) is 0. The largest absolute Gasteiger partial charge is 0.465 e. The Kier molecular flexibility index (Phi) is 4.14. The highest BCUT2D eigenvalue weighted by molar-refractivity contribution is 6.03. The molecule has 5 heteroatoms. The van der Waals surface area contributed by atoms with Crippen LogP contribution in [-0.2, 0) is 25.5 Å². The standard InChI is InChI=1S/C21H25NO4/c1-4-14-7-5-6-8-15(14)22-12-21-10-9-16(26-21)17(18(21)19(22)23)20(24)25-11-13(2)3/h5-10,13,16-18H,4,11-12H2,1-3H3/t16-,17+,18-,21?/m1/s1. The van der Waals surface area contributed by atoms with E-state index in [2.05, 4.69) is 6.92 Å². The molecule has 1 aromatic rings. The van der Waals surface area contributed by atoms with Gasteiger partial charge in [-0.15, -0.1) is 0 Å². The van der Waals surface area contributed by atoms with Gasteiger partial charge in [0.15, 0.2) is 0 Å². The number of para-hydroxylation sites is 1. The Hall–Kier alpha value is -2.14. The second-order valence-corrected chi connectivity index (χ2v) is 7.83. The van der Waals surface area contributed by atoms with Gasteiger partial charge in [-0.2, -0.15) is 0 Å². The lowest BCUT2D eigenvalue weighted by Gasteiger charge is -2.23. The van der Waals surface area contributed by atoms with Crippen LogP contribution in [0.5, 0.6) is 0 Å². The molecule has 1 amide bonds. The SMILES string of the molecule is CCc1ccccc1N1CC23C=C[C@@H](O2)[C@H](C(=O)OCC(C)C)[C@@H]3C1=O. The van der Waals surface area contributed by atoms with Gasteiger partial charge in [0.1, 0.15) is 11.5 Å². The molecule has 1 spiro atoms. The van der Waals surface area contributed by atoms with Gasteiger partial charge in [-0.25, -0.2) is 0 Å². The predicted molar refractivity (Wildman–Crippen MR) is 97.7 cm³/mol. The third-order valence-corrected chi connectivity index (χ3v) is 5.59. The summed E-state index contributed by atoms with van der Waals surface area (Å²) in [6.07, 6.45) is 4.38. The van der Waals surface area contributed by atoms with Crippen molar-refractivity contribution in [1.82, 2.24) is 0 Å². The van der Waals surface area contributed by atoms with Crippen molar-refractivity contribution in [2.24, 2.45) is 17.8 Å². The summed E-state index contributed by atoms with van der Waals surface area (Å²) in [4.78, 5) is 27.8. The number of benzene rings is 1. The molecule has 2 fully saturated rings. The Morgan fingerprint density at radius 2 is 2.15 bits per heavy atom. The number of ether oxygens (including phenoxy) is 2. The van der Waals surface area contributed by atoms with E-state index in [9.17, 15) is 9.59 Å². The molecule has 0 aliphatic carbocycles. The number of anilines is 1. The summed E-state index contributed by atoms with van der Waals surface area (Å²) < 4.78 is 11.6. The molecule has 5 nitrogen and oxygen atoms in total. The van der Waals surface area contributed by atoms with E-state index in [1.54, 1.807) is 4.90 Å². The molecule has 2 bridgehead atoms. The predicted octanol–water partition coefficient (Wildman–Crippen LogP) is 2.73. The van der Waals surface area contributed by atoms with Crippen molar-refractivity contribution in [2.75, 3.05) is 18.1 Å². The zero-order valence-corrected chi connectivity index (χ0v) is 15.5. The zero-order valence-electron chi connectivity index (χ0n) is 15.5. The number of esters is 1. The topological polar surface area (TPSA) is 55.8 Å². The molecule has 0 aromatic heterocycles. The van der Waals surface area contributed by atoms with Gasteiger partial charge in [-0.1, -0.05) is 51.1 Å². The number of amides is 1. The van der Waals surface area contributed by atoms with E-state index in [1.807, 2.05) is 50.3 Å². The van der Waals surface area contributed by atoms with Gasteiger partial charge >= 0.3 is 5.97 Å². The van der Waals surface area contributed by atoms with E-state index in [0.29, 0.717) is 13.2 Å². The van der Waals surface area contributed by atoms with Gasteiger partial charge in [-0.05, 0) is 24.0 Å². The molecular formula is C21H25NO4. The maximum Gasteiger partial charge on any atom is 0.312 e. The van der Waals surface area contributed by atoms with Crippen molar-refractivity contribution in [1.29, 1.82) is 0 Å². The molecular weight excluding hydrogens is 330 g/mol. The van der Waals surface area contributed by atoms with Gasteiger partial charge in [0, 0.05) is 5.69 Å². The third-order valence-electron chi connectivity index (χ3n) is 5.59. The van der Waals surface area contributed by atoms with Crippen molar-refractivity contribution < 1.29 is 19.1 Å². The van der Waals surface area contributed by atoms with E-state index in [-0.39, 0.29) is 23.9 Å². The molecule has 3 aliphatic rings. The Morgan fingerprint density at radius 3 is 2.88 bits per heavy atom. The molecule has 0 N–H and O–H groups in total. The molecule has 0 saturated carbocycles. The number of carbonyl (C=O) groups is 2. The van der Waals surface area contributed by atoms with Crippen LogP contribution in [0, 0.1) is 17.8 Å². The van der Waals surface area contributed by atoms with Crippen molar-refractivity contribution >= 4 is 17.6 Å². The lowest BCUT2D eigenvalue weighted by molar-refractivity contribution is -0.153. The third kappa shape index (κ3) is 2.49. The summed E-state index contributed by atoms with van der Waals surface area (Å²) >= 11 is 0. The van der Waals surface area contributed by atoms with Crippen LogP contribution in [0.25, 0.3) is 0 Å². The van der Waals surface area contributed by atoms with Crippen LogP contribution in [0.2, 0.25) is 0 Å². The minimum Gasteiger partial charge on any atom is -0.465 e. The molecule has 0 radical (unpaired) electrons.